The maximum absolute atomic E-state index is 5.33. The van der Waals surface area contributed by atoms with E-state index in [0.717, 1.165) is 10.5 Å². The molecular weight excluding hydrogens is 434 g/mol. The van der Waals surface area contributed by atoms with Crippen LogP contribution in [0.5, 0.6) is 0 Å². The van der Waals surface area contributed by atoms with E-state index in [1.165, 1.54) is 81.5 Å². The minimum Gasteiger partial charge on any atom is -0.235 e. The van der Waals surface area contributed by atoms with E-state index in [1.54, 1.807) is 0 Å². The van der Waals surface area contributed by atoms with Crippen molar-refractivity contribution < 1.29 is 4.57 Å². The molecule has 4 heteroatoms. The Balaban J connectivity index is 1.66. The molecule has 3 nitrogen and oxygen atoms in total. The number of hydrogen-bond donors (Lipinski definition) is 0. The van der Waals surface area contributed by atoms with Crippen molar-refractivity contribution in [2.75, 3.05) is 0 Å². The summed E-state index contributed by atoms with van der Waals surface area (Å²) in [6.45, 7) is 6.64. The number of benzene rings is 3. The first kappa shape index (κ1) is 21.5. The van der Waals surface area contributed by atoms with E-state index in [2.05, 4.69) is 91.6 Å². The van der Waals surface area contributed by atoms with Crippen LogP contribution in [0.25, 0.3) is 43.2 Å². The van der Waals surface area contributed by atoms with E-state index in [4.69, 9.17) is 4.98 Å². The van der Waals surface area contributed by atoms with Gasteiger partial charge >= 0.3 is 0 Å². The summed E-state index contributed by atoms with van der Waals surface area (Å²) in [5.41, 5.74) is 10.2. The Morgan fingerprint density at radius 3 is 2.29 bits per heavy atom. The van der Waals surface area contributed by atoms with Crippen molar-refractivity contribution >= 4 is 32.6 Å². The Bertz CT molecular complexity index is 1510. The van der Waals surface area contributed by atoms with Crippen molar-refractivity contribution in [2.45, 2.75) is 58.9 Å². The molecule has 1 fully saturated rings. The second-order valence-electron chi connectivity index (χ2n) is 9.92. The number of para-hydroxylation sites is 2. The van der Waals surface area contributed by atoms with Gasteiger partial charge < -0.3 is 0 Å². The number of rotatable bonds is 3. The maximum Gasteiger partial charge on any atom is 0.292 e. The molecule has 2 heterocycles. The third-order valence-corrected chi connectivity index (χ3v) is 8.71. The fraction of sp³-hybridized carbons (Fsp3) is 0.333. The SMILES string of the molecule is Cc1cccc(C)c1-c1nc2c(-c3n(C4CCCCC4)c4ccccc4[n+]3C)c(C)ccc2s1. The highest BCUT2D eigenvalue weighted by Crippen LogP contribution is 2.41. The molecule has 3 aromatic carbocycles. The van der Waals surface area contributed by atoms with Gasteiger partial charge in [-0.15, -0.1) is 11.3 Å². The van der Waals surface area contributed by atoms with Gasteiger partial charge in [-0.05, 0) is 81.3 Å². The van der Waals surface area contributed by atoms with Crippen molar-refractivity contribution in [1.82, 2.24) is 9.55 Å². The average Bonchev–Trinajstić information content (AvgIpc) is 3.39. The standard InChI is InChI=1S/C30H32N3S/c1-19-11-10-12-20(2)26(19)29-31-28-25(34-29)18-17-21(3)27(28)30-32(4)23-15-8-9-16-24(23)33(30)22-13-6-5-7-14-22/h8-12,15-18,22H,5-7,13-14H2,1-4H3/q+1. The zero-order valence-corrected chi connectivity index (χ0v) is 21.4. The second-order valence-corrected chi connectivity index (χ2v) is 11.0. The molecule has 1 aliphatic carbocycles. The molecule has 2 aromatic heterocycles. The van der Waals surface area contributed by atoms with Gasteiger partial charge in [-0.1, -0.05) is 42.8 Å². The van der Waals surface area contributed by atoms with Crippen LogP contribution < -0.4 is 4.57 Å². The lowest BCUT2D eigenvalue weighted by Crippen LogP contribution is -2.31. The van der Waals surface area contributed by atoms with Crippen LogP contribution in [-0.2, 0) is 7.05 Å². The second kappa shape index (κ2) is 8.35. The van der Waals surface area contributed by atoms with Crippen molar-refractivity contribution in [3.8, 4) is 22.0 Å². The van der Waals surface area contributed by atoms with E-state index in [1.807, 2.05) is 11.3 Å². The summed E-state index contributed by atoms with van der Waals surface area (Å²) in [7, 11) is 2.23. The summed E-state index contributed by atoms with van der Waals surface area (Å²) < 4.78 is 6.32. The highest BCUT2D eigenvalue weighted by atomic mass is 32.1. The first-order valence-electron chi connectivity index (χ1n) is 12.5. The van der Waals surface area contributed by atoms with Crippen molar-refractivity contribution in [2.24, 2.45) is 7.05 Å². The Kier molecular flexibility index (Phi) is 5.29. The Morgan fingerprint density at radius 1 is 0.824 bits per heavy atom. The lowest BCUT2D eigenvalue weighted by atomic mass is 9.94. The predicted octanol–water partition coefficient (Wildman–Crippen LogP) is 7.84. The molecule has 5 aromatic rings. The molecule has 0 radical (unpaired) electrons. The molecule has 0 spiro atoms. The molecule has 0 atom stereocenters. The maximum atomic E-state index is 5.33. The van der Waals surface area contributed by atoms with E-state index < -0.39 is 0 Å². The molecular formula is C30H32N3S+. The molecule has 0 bridgehead atoms. The summed E-state index contributed by atoms with van der Waals surface area (Å²) in [5, 5.41) is 1.13. The molecule has 1 saturated carbocycles. The first-order valence-corrected chi connectivity index (χ1v) is 13.3. The van der Waals surface area contributed by atoms with Gasteiger partial charge in [0.25, 0.3) is 5.82 Å². The lowest BCUT2D eigenvalue weighted by molar-refractivity contribution is -0.634. The summed E-state index contributed by atoms with van der Waals surface area (Å²) >= 11 is 1.82. The van der Waals surface area contributed by atoms with Gasteiger partial charge in [0, 0.05) is 5.56 Å². The molecule has 0 N–H and O–H groups in total. The number of thiazole rings is 1. The number of aryl methyl sites for hydroxylation is 4. The Hall–Kier alpha value is -2.98. The van der Waals surface area contributed by atoms with Crippen LogP contribution in [0.15, 0.2) is 54.6 Å². The molecule has 0 saturated heterocycles. The summed E-state index contributed by atoms with van der Waals surface area (Å²) in [6, 6.07) is 20.5. The minimum absolute atomic E-state index is 0.543. The zero-order chi connectivity index (χ0) is 23.4. The van der Waals surface area contributed by atoms with Gasteiger partial charge in [0.05, 0.1) is 22.8 Å². The van der Waals surface area contributed by atoms with Gasteiger partial charge in [0.2, 0.25) is 0 Å². The molecule has 172 valence electrons. The first-order chi connectivity index (χ1) is 16.5. The van der Waals surface area contributed by atoms with Gasteiger partial charge in [-0.25, -0.2) is 14.1 Å². The predicted molar refractivity (Wildman–Crippen MR) is 143 cm³/mol. The van der Waals surface area contributed by atoms with Crippen LogP contribution in [0.3, 0.4) is 0 Å². The van der Waals surface area contributed by atoms with E-state index in [9.17, 15) is 0 Å². The average molecular weight is 467 g/mol. The monoisotopic (exact) mass is 466 g/mol. The Labute approximate surface area is 205 Å². The normalized spacial score (nSPS) is 14.9. The van der Waals surface area contributed by atoms with Gasteiger partial charge in [0.15, 0.2) is 11.0 Å². The molecule has 6 rings (SSSR count). The topological polar surface area (TPSA) is 21.7 Å². The smallest absolute Gasteiger partial charge is 0.235 e. The van der Waals surface area contributed by atoms with Crippen LogP contribution >= 0.6 is 11.3 Å². The highest BCUT2D eigenvalue weighted by molar-refractivity contribution is 7.21. The third-order valence-electron chi connectivity index (χ3n) is 7.68. The molecule has 34 heavy (non-hydrogen) atoms. The van der Waals surface area contributed by atoms with Crippen LogP contribution in [0.1, 0.15) is 54.8 Å². The van der Waals surface area contributed by atoms with Crippen LogP contribution in [0.4, 0.5) is 0 Å². The van der Waals surface area contributed by atoms with Gasteiger partial charge in [-0.2, -0.15) is 0 Å². The molecule has 0 amide bonds. The van der Waals surface area contributed by atoms with Crippen molar-refractivity contribution in [3.05, 3.63) is 71.3 Å². The number of fused-ring (bicyclic) bond motifs is 2. The molecule has 1 aliphatic rings. The number of aromatic nitrogens is 3. The molecule has 0 aliphatic heterocycles. The molecule has 0 unspecified atom stereocenters. The fourth-order valence-electron chi connectivity index (χ4n) is 5.97. The number of imidazole rings is 1. The zero-order valence-electron chi connectivity index (χ0n) is 20.6. The number of nitrogens with zero attached hydrogens (tertiary/aromatic N) is 3. The van der Waals surface area contributed by atoms with Crippen molar-refractivity contribution in [1.29, 1.82) is 0 Å². The lowest BCUT2D eigenvalue weighted by Gasteiger charge is -2.21. The van der Waals surface area contributed by atoms with E-state index in [-0.39, 0.29) is 0 Å². The van der Waals surface area contributed by atoms with Crippen molar-refractivity contribution in [3.63, 3.8) is 0 Å². The van der Waals surface area contributed by atoms with Crippen LogP contribution in [0.2, 0.25) is 0 Å². The summed E-state index contributed by atoms with van der Waals surface area (Å²) in [6.07, 6.45) is 6.50. The van der Waals surface area contributed by atoms with Crippen LogP contribution in [-0.4, -0.2) is 9.55 Å². The number of hydrogen-bond acceptors (Lipinski definition) is 2. The third kappa shape index (κ3) is 3.31. The highest BCUT2D eigenvalue weighted by Gasteiger charge is 2.33. The summed E-state index contributed by atoms with van der Waals surface area (Å²) in [4.78, 5) is 5.33. The van der Waals surface area contributed by atoms with Gasteiger partial charge in [0.1, 0.15) is 11.0 Å². The van der Waals surface area contributed by atoms with E-state index >= 15 is 0 Å². The van der Waals surface area contributed by atoms with Gasteiger partial charge in [-0.3, -0.25) is 0 Å². The fourth-order valence-corrected chi connectivity index (χ4v) is 7.12. The largest absolute Gasteiger partial charge is 0.292 e. The summed E-state index contributed by atoms with van der Waals surface area (Å²) in [5.74, 6) is 1.30. The quantitative estimate of drug-likeness (QED) is 0.248. The Morgan fingerprint density at radius 2 is 1.53 bits per heavy atom. The van der Waals surface area contributed by atoms with Crippen LogP contribution in [0, 0.1) is 20.8 Å². The van der Waals surface area contributed by atoms with E-state index in [0.29, 0.717) is 6.04 Å². The minimum atomic E-state index is 0.543.